The number of hydrogen-bond acceptors (Lipinski definition) is 5. The standard InChI is InChI=1S/C19H21ClN4O4S/c20-14-2-1-3-17(12-14)29(27,28)22-9-8-18(25)23-15-4-6-16(7-5-15)24-11-10-21-19(26)13-24/h1-7,12,22H,8-11,13H2,(H,21,26)(H,23,25). The first-order chi connectivity index (χ1) is 13.8. The zero-order chi connectivity index (χ0) is 20.9. The fourth-order valence-corrected chi connectivity index (χ4v) is 4.19. The van der Waals surface area contributed by atoms with E-state index >= 15 is 0 Å². The highest BCUT2D eigenvalue weighted by Gasteiger charge is 2.17. The van der Waals surface area contributed by atoms with Crippen molar-refractivity contribution in [2.24, 2.45) is 0 Å². The molecule has 0 bridgehead atoms. The minimum Gasteiger partial charge on any atom is -0.360 e. The molecule has 0 saturated carbocycles. The van der Waals surface area contributed by atoms with Gasteiger partial charge in [0.1, 0.15) is 0 Å². The highest BCUT2D eigenvalue weighted by atomic mass is 35.5. The smallest absolute Gasteiger partial charge is 0.240 e. The molecule has 8 nitrogen and oxygen atoms in total. The first-order valence-corrected chi connectivity index (χ1v) is 10.9. The molecule has 0 unspecified atom stereocenters. The van der Waals surface area contributed by atoms with Crippen molar-refractivity contribution in [3.8, 4) is 0 Å². The largest absolute Gasteiger partial charge is 0.360 e. The third-order valence-electron chi connectivity index (χ3n) is 4.31. The average molecular weight is 437 g/mol. The van der Waals surface area contributed by atoms with Gasteiger partial charge in [-0.15, -0.1) is 0 Å². The molecule has 3 N–H and O–H groups in total. The van der Waals surface area contributed by atoms with Crippen LogP contribution in [0.3, 0.4) is 0 Å². The summed E-state index contributed by atoms with van der Waals surface area (Å²) < 4.78 is 26.8. The van der Waals surface area contributed by atoms with Gasteiger partial charge in [0.05, 0.1) is 11.4 Å². The van der Waals surface area contributed by atoms with Crippen LogP contribution >= 0.6 is 11.6 Å². The van der Waals surface area contributed by atoms with Gasteiger partial charge in [0.25, 0.3) is 0 Å². The monoisotopic (exact) mass is 436 g/mol. The molecule has 1 heterocycles. The minimum absolute atomic E-state index is 0.0196. The van der Waals surface area contributed by atoms with Crippen LogP contribution in [0.5, 0.6) is 0 Å². The molecular formula is C19H21ClN4O4S. The Balaban J connectivity index is 1.48. The van der Waals surface area contributed by atoms with Crippen molar-refractivity contribution in [3.05, 3.63) is 53.6 Å². The Morgan fingerprint density at radius 1 is 1.17 bits per heavy atom. The quantitative estimate of drug-likeness (QED) is 0.610. The molecule has 0 spiro atoms. The molecule has 1 aliphatic rings. The molecule has 1 saturated heterocycles. The molecule has 154 valence electrons. The Bertz CT molecular complexity index is 996. The second-order valence-electron chi connectivity index (χ2n) is 6.47. The molecule has 3 rings (SSSR count). The van der Waals surface area contributed by atoms with Crippen molar-refractivity contribution in [1.82, 2.24) is 10.0 Å². The van der Waals surface area contributed by atoms with Gasteiger partial charge in [-0.05, 0) is 42.5 Å². The molecule has 2 aromatic rings. The molecule has 10 heteroatoms. The normalized spacial score (nSPS) is 14.4. The zero-order valence-corrected chi connectivity index (χ0v) is 17.1. The predicted molar refractivity (Wildman–Crippen MR) is 112 cm³/mol. The number of benzene rings is 2. The topological polar surface area (TPSA) is 108 Å². The molecule has 2 aromatic carbocycles. The number of nitrogens with zero attached hydrogens (tertiary/aromatic N) is 1. The van der Waals surface area contributed by atoms with Gasteiger partial charge in [-0.2, -0.15) is 0 Å². The maximum atomic E-state index is 12.2. The Kier molecular flexibility index (Phi) is 6.73. The number of amides is 2. The fraction of sp³-hybridized carbons (Fsp3) is 0.263. The van der Waals surface area contributed by atoms with Gasteiger partial charge in [-0.3, -0.25) is 9.59 Å². The zero-order valence-electron chi connectivity index (χ0n) is 15.5. The molecule has 0 aliphatic carbocycles. The van der Waals surface area contributed by atoms with Gasteiger partial charge in [0.15, 0.2) is 0 Å². The van der Waals surface area contributed by atoms with E-state index < -0.39 is 10.0 Å². The second-order valence-corrected chi connectivity index (χ2v) is 8.68. The van der Waals surface area contributed by atoms with Gasteiger partial charge in [-0.25, -0.2) is 13.1 Å². The number of carbonyl (C=O) groups is 2. The Morgan fingerprint density at radius 2 is 1.93 bits per heavy atom. The number of piperazine rings is 1. The maximum absolute atomic E-state index is 12.2. The van der Waals surface area contributed by atoms with E-state index in [0.29, 0.717) is 23.8 Å². The molecule has 1 fully saturated rings. The van der Waals surface area contributed by atoms with E-state index in [0.717, 1.165) is 12.2 Å². The van der Waals surface area contributed by atoms with Crippen molar-refractivity contribution < 1.29 is 18.0 Å². The van der Waals surface area contributed by atoms with Crippen LogP contribution in [0.1, 0.15) is 6.42 Å². The minimum atomic E-state index is -3.73. The van der Waals surface area contributed by atoms with Crippen LogP contribution in [-0.4, -0.2) is 46.4 Å². The summed E-state index contributed by atoms with van der Waals surface area (Å²) >= 11 is 5.81. The first-order valence-electron chi connectivity index (χ1n) is 9.00. The first kappa shape index (κ1) is 21.1. The summed E-state index contributed by atoms with van der Waals surface area (Å²) in [5.74, 6) is -0.335. The summed E-state index contributed by atoms with van der Waals surface area (Å²) in [6, 6.07) is 13.1. The average Bonchev–Trinajstić information content (AvgIpc) is 2.68. The lowest BCUT2D eigenvalue weighted by molar-refractivity contribution is -0.120. The summed E-state index contributed by atoms with van der Waals surface area (Å²) in [4.78, 5) is 25.6. The van der Waals surface area contributed by atoms with E-state index in [1.54, 1.807) is 24.3 Å². The summed E-state index contributed by atoms with van der Waals surface area (Å²) in [6.45, 7) is 1.59. The number of halogens is 1. The molecule has 29 heavy (non-hydrogen) atoms. The van der Waals surface area contributed by atoms with E-state index in [1.165, 1.54) is 12.1 Å². The molecule has 2 amide bonds. The Labute approximate surface area is 174 Å². The van der Waals surface area contributed by atoms with Crippen LogP contribution in [0, 0.1) is 0 Å². The van der Waals surface area contributed by atoms with E-state index in [4.69, 9.17) is 11.6 Å². The van der Waals surface area contributed by atoms with Crippen molar-refractivity contribution in [2.75, 3.05) is 36.4 Å². The van der Waals surface area contributed by atoms with Crippen LogP contribution in [0.4, 0.5) is 11.4 Å². The number of sulfonamides is 1. The van der Waals surface area contributed by atoms with Crippen LogP contribution < -0.4 is 20.3 Å². The van der Waals surface area contributed by atoms with Gasteiger partial charge >= 0.3 is 0 Å². The molecule has 0 aromatic heterocycles. The van der Waals surface area contributed by atoms with Crippen LogP contribution in [0.15, 0.2) is 53.4 Å². The van der Waals surface area contributed by atoms with Gasteiger partial charge < -0.3 is 15.5 Å². The van der Waals surface area contributed by atoms with Crippen LogP contribution in [-0.2, 0) is 19.6 Å². The Morgan fingerprint density at radius 3 is 2.62 bits per heavy atom. The molecule has 0 atom stereocenters. The summed E-state index contributed by atoms with van der Waals surface area (Å²) in [6.07, 6.45) is -0.0200. The van der Waals surface area contributed by atoms with E-state index in [2.05, 4.69) is 15.4 Å². The molecule has 0 radical (unpaired) electrons. The lowest BCUT2D eigenvalue weighted by Crippen LogP contribution is -2.47. The third-order valence-corrected chi connectivity index (χ3v) is 6.00. The predicted octanol–water partition coefficient (Wildman–Crippen LogP) is 1.58. The summed E-state index contributed by atoms with van der Waals surface area (Å²) in [5.41, 5.74) is 1.49. The number of nitrogens with one attached hydrogen (secondary N) is 3. The third kappa shape index (κ3) is 5.93. The maximum Gasteiger partial charge on any atom is 0.240 e. The molecular weight excluding hydrogens is 416 g/mol. The highest BCUT2D eigenvalue weighted by Crippen LogP contribution is 2.19. The number of rotatable bonds is 7. The fourth-order valence-electron chi connectivity index (χ4n) is 2.85. The second kappa shape index (κ2) is 9.25. The number of anilines is 2. The van der Waals surface area contributed by atoms with E-state index in [-0.39, 0.29) is 29.7 Å². The lowest BCUT2D eigenvalue weighted by Gasteiger charge is -2.28. The van der Waals surface area contributed by atoms with Crippen molar-refractivity contribution in [1.29, 1.82) is 0 Å². The number of carbonyl (C=O) groups excluding carboxylic acids is 2. The van der Waals surface area contributed by atoms with Crippen molar-refractivity contribution in [3.63, 3.8) is 0 Å². The summed E-state index contributed by atoms with van der Waals surface area (Å²) in [7, 11) is -3.73. The van der Waals surface area contributed by atoms with Gasteiger partial charge in [0.2, 0.25) is 21.8 Å². The van der Waals surface area contributed by atoms with Crippen LogP contribution in [0.25, 0.3) is 0 Å². The van der Waals surface area contributed by atoms with Crippen molar-refractivity contribution in [2.45, 2.75) is 11.3 Å². The number of hydrogen-bond donors (Lipinski definition) is 3. The van der Waals surface area contributed by atoms with Gasteiger partial charge in [0, 0.05) is 42.5 Å². The lowest BCUT2D eigenvalue weighted by atomic mass is 10.2. The molecule has 1 aliphatic heterocycles. The van der Waals surface area contributed by atoms with Crippen LogP contribution in [0.2, 0.25) is 5.02 Å². The van der Waals surface area contributed by atoms with Gasteiger partial charge in [-0.1, -0.05) is 17.7 Å². The van der Waals surface area contributed by atoms with Crippen molar-refractivity contribution >= 4 is 44.8 Å². The summed E-state index contributed by atoms with van der Waals surface area (Å²) in [5, 5.41) is 5.81. The SMILES string of the molecule is O=C1CN(c2ccc(NC(=O)CCNS(=O)(=O)c3cccc(Cl)c3)cc2)CCN1. The highest BCUT2D eigenvalue weighted by molar-refractivity contribution is 7.89. The van der Waals surface area contributed by atoms with E-state index in [9.17, 15) is 18.0 Å². The Hall–Kier alpha value is -2.62. The van der Waals surface area contributed by atoms with E-state index in [1.807, 2.05) is 17.0 Å².